The van der Waals surface area contributed by atoms with Gasteiger partial charge in [0.15, 0.2) is 0 Å². The largest absolute Gasteiger partial charge is 0.465 e. The van der Waals surface area contributed by atoms with Crippen LogP contribution in [-0.4, -0.2) is 47.0 Å². The lowest BCUT2D eigenvalue weighted by atomic mass is 9.89. The Morgan fingerprint density at radius 1 is 1.26 bits per heavy atom. The summed E-state index contributed by atoms with van der Waals surface area (Å²) in [6.45, 7) is 2.70. The van der Waals surface area contributed by atoms with Crippen LogP contribution in [0.5, 0.6) is 0 Å². The molecule has 2 aliphatic heterocycles. The maximum atomic E-state index is 11.1. The van der Waals surface area contributed by atoms with E-state index in [1.807, 2.05) is 12.1 Å². The number of fused-ring (bicyclic) bond motifs is 1. The van der Waals surface area contributed by atoms with Crippen LogP contribution in [0.1, 0.15) is 30.4 Å². The van der Waals surface area contributed by atoms with E-state index in [9.17, 15) is 4.79 Å². The van der Waals surface area contributed by atoms with Gasteiger partial charge in [0, 0.05) is 35.2 Å². The van der Waals surface area contributed by atoms with Crippen LogP contribution in [0.4, 0.5) is 4.79 Å². The van der Waals surface area contributed by atoms with Gasteiger partial charge in [0.2, 0.25) is 0 Å². The van der Waals surface area contributed by atoms with Gasteiger partial charge in [0.1, 0.15) is 0 Å². The molecule has 0 aliphatic carbocycles. The van der Waals surface area contributed by atoms with Gasteiger partial charge in [-0.05, 0) is 42.5 Å². The predicted molar refractivity (Wildman–Crippen MR) is 88.4 cm³/mol. The first kappa shape index (κ1) is 14.8. The molecule has 23 heavy (non-hydrogen) atoms. The van der Waals surface area contributed by atoms with Crippen LogP contribution in [0.3, 0.4) is 0 Å². The molecule has 6 heteroatoms. The van der Waals surface area contributed by atoms with Crippen molar-refractivity contribution in [1.82, 2.24) is 9.47 Å². The molecule has 5 nitrogen and oxygen atoms in total. The van der Waals surface area contributed by atoms with E-state index in [1.165, 1.54) is 21.4 Å². The van der Waals surface area contributed by atoms with Crippen molar-refractivity contribution in [3.8, 4) is 0 Å². The molecular formula is C17H19ClN2O3. The number of carboxylic acid groups (broad SMARTS) is 1. The van der Waals surface area contributed by atoms with Gasteiger partial charge in [-0.2, -0.15) is 0 Å². The molecule has 1 N–H and O–H groups in total. The number of hydrogen-bond acceptors (Lipinski definition) is 2. The minimum Gasteiger partial charge on any atom is -0.465 e. The second kappa shape index (κ2) is 5.73. The normalized spacial score (nSPS) is 20.0. The van der Waals surface area contributed by atoms with E-state index in [1.54, 1.807) is 0 Å². The summed E-state index contributed by atoms with van der Waals surface area (Å²) in [5, 5.41) is 11.0. The maximum absolute atomic E-state index is 11.1. The van der Waals surface area contributed by atoms with E-state index in [0.29, 0.717) is 25.0 Å². The Kier molecular flexibility index (Phi) is 3.70. The second-order valence-corrected chi connectivity index (χ2v) is 6.82. The summed E-state index contributed by atoms with van der Waals surface area (Å²) in [5.41, 5.74) is 2.48. The van der Waals surface area contributed by atoms with Gasteiger partial charge in [0.05, 0.1) is 19.3 Å². The number of benzene rings is 1. The van der Waals surface area contributed by atoms with Crippen molar-refractivity contribution in [1.29, 1.82) is 0 Å². The van der Waals surface area contributed by atoms with Crippen molar-refractivity contribution in [3.63, 3.8) is 0 Å². The molecule has 2 aromatic rings. The fourth-order valence-corrected chi connectivity index (χ4v) is 3.82. The van der Waals surface area contributed by atoms with Crippen molar-refractivity contribution >= 4 is 28.6 Å². The Hall–Kier alpha value is -1.72. The maximum Gasteiger partial charge on any atom is 0.407 e. The average molecular weight is 335 g/mol. The summed E-state index contributed by atoms with van der Waals surface area (Å²) in [7, 11) is 0. The van der Waals surface area contributed by atoms with Gasteiger partial charge in [-0.3, -0.25) is 0 Å². The molecule has 1 aromatic heterocycles. The number of amides is 1. The first-order valence-corrected chi connectivity index (χ1v) is 8.37. The van der Waals surface area contributed by atoms with Gasteiger partial charge in [-0.15, -0.1) is 0 Å². The van der Waals surface area contributed by atoms with Crippen molar-refractivity contribution in [3.05, 3.63) is 35.0 Å². The van der Waals surface area contributed by atoms with Gasteiger partial charge in [0.25, 0.3) is 0 Å². The standard InChI is InChI=1S/C17H19ClN2O3/c18-12-1-2-16-14(7-12)15(8-20(16)13-9-23-10-13)11-3-5-19(6-4-11)17(21)22/h1-2,7-8,11,13H,3-6,9-10H2,(H,21,22). The van der Waals surface area contributed by atoms with Crippen LogP contribution < -0.4 is 0 Å². The van der Waals surface area contributed by atoms with Crippen LogP contribution >= 0.6 is 11.6 Å². The average Bonchev–Trinajstić information content (AvgIpc) is 2.84. The molecule has 0 saturated carbocycles. The summed E-state index contributed by atoms with van der Waals surface area (Å²) in [4.78, 5) is 12.6. The highest BCUT2D eigenvalue weighted by molar-refractivity contribution is 6.31. The number of piperidine rings is 1. The lowest BCUT2D eigenvalue weighted by molar-refractivity contribution is -0.0214. The molecular weight excluding hydrogens is 316 g/mol. The third-order valence-electron chi connectivity index (χ3n) is 5.05. The highest BCUT2D eigenvalue weighted by Gasteiger charge is 2.28. The molecule has 0 bridgehead atoms. The SMILES string of the molecule is O=C(O)N1CCC(c2cn(C3COC3)c3ccc(Cl)cc23)CC1. The fraction of sp³-hybridized carbons (Fsp3) is 0.471. The lowest BCUT2D eigenvalue weighted by Gasteiger charge is -2.30. The summed E-state index contributed by atoms with van der Waals surface area (Å²) in [6.07, 6.45) is 3.13. The minimum absolute atomic E-state index is 0.383. The van der Waals surface area contributed by atoms with E-state index >= 15 is 0 Å². The lowest BCUT2D eigenvalue weighted by Crippen LogP contribution is -2.36. The molecule has 3 heterocycles. The smallest absolute Gasteiger partial charge is 0.407 e. The summed E-state index contributed by atoms with van der Waals surface area (Å²) >= 11 is 6.21. The number of halogens is 1. The molecule has 1 aromatic carbocycles. The quantitative estimate of drug-likeness (QED) is 0.910. The van der Waals surface area contributed by atoms with E-state index in [4.69, 9.17) is 21.4 Å². The molecule has 2 saturated heterocycles. The van der Waals surface area contributed by atoms with Crippen LogP contribution in [0.25, 0.3) is 10.9 Å². The highest BCUT2D eigenvalue weighted by atomic mass is 35.5. The Balaban J connectivity index is 1.69. The number of aromatic nitrogens is 1. The third kappa shape index (κ3) is 2.58. The molecule has 2 fully saturated rings. The summed E-state index contributed by atoms with van der Waals surface area (Å²) < 4.78 is 7.64. The molecule has 4 rings (SSSR count). The number of carbonyl (C=O) groups is 1. The van der Waals surface area contributed by atoms with E-state index in [0.717, 1.165) is 31.1 Å². The zero-order chi connectivity index (χ0) is 16.0. The van der Waals surface area contributed by atoms with Crippen molar-refractivity contribution in [2.75, 3.05) is 26.3 Å². The number of ether oxygens (including phenoxy) is 1. The van der Waals surface area contributed by atoms with E-state index < -0.39 is 6.09 Å². The Labute approximate surface area is 139 Å². The molecule has 0 radical (unpaired) electrons. The van der Waals surface area contributed by atoms with Crippen LogP contribution in [0.2, 0.25) is 5.02 Å². The molecule has 122 valence electrons. The first-order valence-electron chi connectivity index (χ1n) is 7.99. The summed E-state index contributed by atoms with van der Waals surface area (Å²) in [6, 6.07) is 6.43. The molecule has 1 amide bonds. The zero-order valence-corrected chi connectivity index (χ0v) is 13.5. The van der Waals surface area contributed by atoms with Crippen molar-refractivity contribution in [2.45, 2.75) is 24.8 Å². The topological polar surface area (TPSA) is 54.7 Å². The Morgan fingerprint density at radius 2 is 2.00 bits per heavy atom. The first-order chi connectivity index (χ1) is 11.1. The molecule has 0 unspecified atom stereocenters. The monoisotopic (exact) mass is 334 g/mol. The predicted octanol–water partition coefficient (Wildman–Crippen LogP) is 3.72. The number of nitrogens with zero attached hydrogens (tertiary/aromatic N) is 2. The molecule has 0 atom stereocenters. The highest BCUT2D eigenvalue weighted by Crippen LogP contribution is 2.37. The van der Waals surface area contributed by atoms with Crippen molar-refractivity contribution in [2.24, 2.45) is 0 Å². The van der Waals surface area contributed by atoms with Gasteiger partial charge in [-0.25, -0.2) is 4.79 Å². The Morgan fingerprint density at radius 3 is 2.61 bits per heavy atom. The molecule has 0 spiro atoms. The van der Waals surface area contributed by atoms with Crippen molar-refractivity contribution < 1.29 is 14.6 Å². The number of rotatable bonds is 2. The van der Waals surface area contributed by atoms with Crippen LogP contribution in [-0.2, 0) is 4.74 Å². The van der Waals surface area contributed by atoms with E-state index in [2.05, 4.69) is 16.8 Å². The third-order valence-corrected chi connectivity index (χ3v) is 5.28. The molecule has 2 aliphatic rings. The minimum atomic E-state index is -0.819. The number of likely N-dealkylation sites (tertiary alicyclic amines) is 1. The summed E-state index contributed by atoms with van der Waals surface area (Å²) in [5.74, 6) is 0.383. The number of hydrogen-bond donors (Lipinski definition) is 1. The Bertz CT molecular complexity index is 746. The van der Waals surface area contributed by atoms with E-state index in [-0.39, 0.29) is 0 Å². The van der Waals surface area contributed by atoms with Gasteiger partial charge >= 0.3 is 6.09 Å². The van der Waals surface area contributed by atoms with Gasteiger partial charge in [-0.1, -0.05) is 11.6 Å². The zero-order valence-electron chi connectivity index (χ0n) is 12.7. The second-order valence-electron chi connectivity index (χ2n) is 6.39. The fourth-order valence-electron chi connectivity index (χ4n) is 3.65. The van der Waals surface area contributed by atoms with Crippen LogP contribution in [0.15, 0.2) is 24.4 Å². The van der Waals surface area contributed by atoms with Crippen LogP contribution in [0, 0.1) is 0 Å². The van der Waals surface area contributed by atoms with Gasteiger partial charge < -0.3 is 19.3 Å².